The lowest BCUT2D eigenvalue weighted by atomic mass is 9.98. The van der Waals surface area contributed by atoms with Crippen LogP contribution in [-0.2, 0) is 14.3 Å². The van der Waals surface area contributed by atoms with E-state index >= 15 is 0 Å². The molecule has 1 aromatic rings. The zero-order chi connectivity index (χ0) is 15.0. The van der Waals surface area contributed by atoms with E-state index in [-0.39, 0.29) is 30.2 Å². The lowest BCUT2D eigenvalue weighted by Gasteiger charge is -2.38. The molecule has 6 heteroatoms. The third-order valence-electron chi connectivity index (χ3n) is 3.96. The highest BCUT2D eigenvalue weighted by Gasteiger charge is 2.44. The number of hydrazine groups is 1. The normalized spacial score (nSPS) is 27.4. The number of amides is 2. The average Bonchev–Trinajstić information content (AvgIpc) is 2.75. The highest BCUT2D eigenvalue weighted by Crippen LogP contribution is 2.32. The SMILES string of the molecule is CC1COCCN1N1C(=O)CC(c2cccc(Br)c2)C1=O. The van der Waals surface area contributed by atoms with Crippen molar-refractivity contribution in [1.29, 1.82) is 0 Å². The molecule has 2 atom stereocenters. The molecule has 2 unspecified atom stereocenters. The van der Waals surface area contributed by atoms with Crippen LogP contribution in [-0.4, -0.2) is 47.6 Å². The van der Waals surface area contributed by atoms with Crippen LogP contribution < -0.4 is 0 Å². The van der Waals surface area contributed by atoms with Gasteiger partial charge in [-0.15, -0.1) is 0 Å². The Morgan fingerprint density at radius 1 is 1.33 bits per heavy atom. The Morgan fingerprint density at radius 3 is 2.86 bits per heavy atom. The number of ether oxygens (including phenoxy) is 1. The molecule has 0 bridgehead atoms. The summed E-state index contributed by atoms with van der Waals surface area (Å²) in [7, 11) is 0. The largest absolute Gasteiger partial charge is 0.378 e. The number of halogens is 1. The van der Waals surface area contributed by atoms with Crippen LogP contribution in [0.3, 0.4) is 0 Å². The number of hydrogen-bond acceptors (Lipinski definition) is 4. The number of hydrogen-bond donors (Lipinski definition) is 0. The Balaban J connectivity index is 1.85. The van der Waals surface area contributed by atoms with Crippen molar-refractivity contribution in [2.45, 2.75) is 25.3 Å². The van der Waals surface area contributed by atoms with Crippen LogP contribution in [0.15, 0.2) is 28.7 Å². The van der Waals surface area contributed by atoms with Gasteiger partial charge in [-0.3, -0.25) is 9.59 Å². The van der Waals surface area contributed by atoms with E-state index in [0.29, 0.717) is 19.8 Å². The molecule has 5 nitrogen and oxygen atoms in total. The maximum Gasteiger partial charge on any atom is 0.252 e. The topological polar surface area (TPSA) is 49.9 Å². The van der Waals surface area contributed by atoms with E-state index < -0.39 is 0 Å². The lowest BCUT2D eigenvalue weighted by Crippen LogP contribution is -2.55. The Bertz CT molecular complexity index is 578. The van der Waals surface area contributed by atoms with Gasteiger partial charge in [0.05, 0.1) is 25.2 Å². The molecule has 2 amide bonds. The molecule has 2 saturated heterocycles. The first kappa shape index (κ1) is 14.7. The third-order valence-corrected chi connectivity index (χ3v) is 4.46. The number of morpholine rings is 1. The predicted octanol–water partition coefficient (Wildman–Crippen LogP) is 1.93. The van der Waals surface area contributed by atoms with Crippen molar-refractivity contribution >= 4 is 27.7 Å². The first-order valence-corrected chi connectivity index (χ1v) is 7.84. The molecule has 0 saturated carbocycles. The molecule has 1 aromatic carbocycles. The predicted molar refractivity (Wildman–Crippen MR) is 80.3 cm³/mol. The van der Waals surface area contributed by atoms with Crippen LogP contribution in [0.5, 0.6) is 0 Å². The third kappa shape index (κ3) is 2.75. The zero-order valence-electron chi connectivity index (χ0n) is 11.8. The first-order valence-electron chi connectivity index (χ1n) is 7.04. The van der Waals surface area contributed by atoms with Crippen molar-refractivity contribution in [3.05, 3.63) is 34.3 Å². The number of benzene rings is 1. The molecule has 0 spiro atoms. The van der Waals surface area contributed by atoms with E-state index in [1.54, 1.807) is 0 Å². The number of rotatable bonds is 2. The summed E-state index contributed by atoms with van der Waals surface area (Å²) in [5.74, 6) is -0.643. The van der Waals surface area contributed by atoms with Crippen LogP contribution in [0.2, 0.25) is 0 Å². The summed E-state index contributed by atoms with van der Waals surface area (Å²) in [6.45, 7) is 3.62. The van der Waals surface area contributed by atoms with Crippen molar-refractivity contribution in [1.82, 2.24) is 10.0 Å². The lowest BCUT2D eigenvalue weighted by molar-refractivity contribution is -0.171. The van der Waals surface area contributed by atoms with Gasteiger partial charge < -0.3 is 4.74 Å². The monoisotopic (exact) mass is 352 g/mol. The molecule has 0 radical (unpaired) electrons. The molecule has 112 valence electrons. The summed E-state index contributed by atoms with van der Waals surface area (Å²) in [4.78, 5) is 25.0. The summed E-state index contributed by atoms with van der Waals surface area (Å²) in [5, 5.41) is 3.17. The van der Waals surface area contributed by atoms with Crippen molar-refractivity contribution in [2.75, 3.05) is 19.8 Å². The fourth-order valence-corrected chi connectivity index (χ4v) is 3.30. The smallest absolute Gasteiger partial charge is 0.252 e. The molecule has 2 fully saturated rings. The molecule has 2 aliphatic heterocycles. The second-order valence-corrected chi connectivity index (χ2v) is 6.36. The van der Waals surface area contributed by atoms with Gasteiger partial charge in [0.15, 0.2) is 0 Å². The summed E-state index contributed by atoms with van der Waals surface area (Å²) in [6.07, 6.45) is 0.235. The quantitative estimate of drug-likeness (QED) is 0.763. The van der Waals surface area contributed by atoms with E-state index in [0.717, 1.165) is 10.0 Å². The Morgan fingerprint density at radius 2 is 2.14 bits per heavy atom. The molecular weight excluding hydrogens is 336 g/mol. The highest BCUT2D eigenvalue weighted by atomic mass is 79.9. The minimum atomic E-state index is -0.384. The molecule has 0 aromatic heterocycles. The fraction of sp³-hybridized carbons (Fsp3) is 0.467. The number of carbonyl (C=O) groups is 2. The van der Waals surface area contributed by atoms with Crippen LogP contribution in [0.1, 0.15) is 24.8 Å². The van der Waals surface area contributed by atoms with Gasteiger partial charge in [0, 0.05) is 17.4 Å². The fourth-order valence-electron chi connectivity index (χ4n) is 2.89. The van der Waals surface area contributed by atoms with Gasteiger partial charge in [-0.1, -0.05) is 28.1 Å². The number of nitrogens with zero attached hydrogens (tertiary/aromatic N) is 2. The molecular formula is C15H17BrN2O3. The van der Waals surface area contributed by atoms with E-state index in [4.69, 9.17) is 4.74 Å². The molecule has 0 N–H and O–H groups in total. The average molecular weight is 353 g/mol. The number of carbonyl (C=O) groups excluding carboxylic acids is 2. The second kappa shape index (κ2) is 5.87. The number of imide groups is 1. The van der Waals surface area contributed by atoms with E-state index in [9.17, 15) is 9.59 Å². The van der Waals surface area contributed by atoms with Crippen molar-refractivity contribution in [3.8, 4) is 0 Å². The summed E-state index contributed by atoms with van der Waals surface area (Å²) >= 11 is 3.41. The minimum Gasteiger partial charge on any atom is -0.378 e. The first-order chi connectivity index (χ1) is 10.1. The van der Waals surface area contributed by atoms with Crippen molar-refractivity contribution in [2.24, 2.45) is 0 Å². The summed E-state index contributed by atoms with van der Waals surface area (Å²) < 4.78 is 6.29. The van der Waals surface area contributed by atoms with Crippen LogP contribution in [0, 0.1) is 0 Å². The zero-order valence-corrected chi connectivity index (χ0v) is 13.4. The Hall–Kier alpha value is -1.24. The van der Waals surface area contributed by atoms with Gasteiger partial charge in [0.1, 0.15) is 0 Å². The molecule has 21 heavy (non-hydrogen) atoms. The molecule has 0 aliphatic carbocycles. The van der Waals surface area contributed by atoms with E-state index in [2.05, 4.69) is 15.9 Å². The minimum absolute atomic E-state index is 0.0351. The second-order valence-electron chi connectivity index (χ2n) is 5.44. The standard InChI is InChI=1S/C15H17BrN2O3/c1-10-9-21-6-5-17(10)18-14(19)8-13(15(18)20)11-3-2-4-12(16)7-11/h2-4,7,10,13H,5-6,8-9H2,1H3. The maximum atomic E-state index is 12.7. The van der Waals surface area contributed by atoms with Crippen molar-refractivity contribution < 1.29 is 14.3 Å². The Kier molecular flexibility index (Phi) is 4.10. The van der Waals surface area contributed by atoms with Crippen LogP contribution in [0.4, 0.5) is 0 Å². The van der Waals surface area contributed by atoms with E-state index in [1.807, 2.05) is 36.2 Å². The van der Waals surface area contributed by atoms with Gasteiger partial charge in [-0.05, 0) is 24.6 Å². The summed E-state index contributed by atoms with van der Waals surface area (Å²) in [6, 6.07) is 7.63. The van der Waals surface area contributed by atoms with Crippen molar-refractivity contribution in [3.63, 3.8) is 0 Å². The van der Waals surface area contributed by atoms with Gasteiger partial charge in [0.25, 0.3) is 5.91 Å². The van der Waals surface area contributed by atoms with Gasteiger partial charge in [-0.25, -0.2) is 10.0 Å². The maximum absolute atomic E-state index is 12.7. The highest BCUT2D eigenvalue weighted by molar-refractivity contribution is 9.10. The molecule has 2 aliphatic rings. The van der Waals surface area contributed by atoms with Gasteiger partial charge in [-0.2, -0.15) is 0 Å². The van der Waals surface area contributed by atoms with Crippen LogP contribution in [0.25, 0.3) is 0 Å². The van der Waals surface area contributed by atoms with Gasteiger partial charge in [0.2, 0.25) is 5.91 Å². The molecule has 3 rings (SSSR count). The summed E-state index contributed by atoms with van der Waals surface area (Å²) in [5.41, 5.74) is 0.881. The van der Waals surface area contributed by atoms with Crippen LogP contribution >= 0.6 is 15.9 Å². The Labute approximate surface area is 131 Å². The van der Waals surface area contributed by atoms with Gasteiger partial charge >= 0.3 is 0 Å². The molecule has 2 heterocycles. The van der Waals surface area contributed by atoms with E-state index in [1.165, 1.54) is 5.01 Å².